The number of carbonyl (C=O) groups excluding carboxylic acids is 1. The van der Waals surface area contributed by atoms with Gasteiger partial charge in [-0.2, -0.15) is 0 Å². The van der Waals surface area contributed by atoms with Crippen molar-refractivity contribution in [2.75, 3.05) is 20.2 Å². The van der Waals surface area contributed by atoms with Crippen LogP contribution >= 0.6 is 0 Å². The molecule has 18 heavy (non-hydrogen) atoms. The lowest BCUT2D eigenvalue weighted by molar-refractivity contribution is -0.147. The summed E-state index contributed by atoms with van der Waals surface area (Å²) in [5.74, 6) is -0.150. The Hall–Kier alpha value is -1.35. The fraction of sp³-hybridized carbons (Fsp3) is 0.533. The van der Waals surface area contributed by atoms with Crippen LogP contribution in [0.2, 0.25) is 0 Å². The largest absolute Gasteiger partial charge is 0.468 e. The summed E-state index contributed by atoms with van der Waals surface area (Å²) in [6, 6.07) is 9.69. The Morgan fingerprint density at radius 2 is 1.72 bits per heavy atom. The van der Waals surface area contributed by atoms with Crippen LogP contribution < -0.4 is 0 Å². The molecule has 1 saturated heterocycles. The standard InChI is InChI=1S/C15H21NO2/c1-18-15(17)14(13-9-5-4-6-10-13)16-11-7-2-3-8-12-16/h4-6,9-10,14H,2-3,7-8,11-12H2,1H3/t14-/m0/s1. The smallest absolute Gasteiger partial charge is 0.327 e. The maximum absolute atomic E-state index is 12.1. The number of hydrogen-bond acceptors (Lipinski definition) is 3. The molecule has 0 spiro atoms. The predicted octanol–water partition coefficient (Wildman–Crippen LogP) is 2.78. The number of benzene rings is 1. The van der Waals surface area contributed by atoms with Crippen LogP contribution in [0.15, 0.2) is 30.3 Å². The van der Waals surface area contributed by atoms with Gasteiger partial charge < -0.3 is 4.74 Å². The number of ether oxygens (including phenoxy) is 1. The molecule has 1 atom stereocenters. The van der Waals surface area contributed by atoms with E-state index in [4.69, 9.17) is 4.74 Å². The van der Waals surface area contributed by atoms with E-state index in [-0.39, 0.29) is 12.0 Å². The summed E-state index contributed by atoms with van der Waals surface area (Å²) < 4.78 is 4.98. The highest BCUT2D eigenvalue weighted by molar-refractivity contribution is 5.77. The summed E-state index contributed by atoms with van der Waals surface area (Å²) in [7, 11) is 1.47. The number of carbonyl (C=O) groups is 1. The van der Waals surface area contributed by atoms with Crippen molar-refractivity contribution in [3.8, 4) is 0 Å². The van der Waals surface area contributed by atoms with E-state index in [1.807, 2.05) is 30.3 Å². The molecule has 0 unspecified atom stereocenters. The Balaban J connectivity index is 2.21. The molecule has 1 heterocycles. The monoisotopic (exact) mass is 247 g/mol. The first-order valence-corrected chi connectivity index (χ1v) is 6.70. The zero-order valence-electron chi connectivity index (χ0n) is 11.0. The van der Waals surface area contributed by atoms with Crippen LogP contribution in [0.1, 0.15) is 37.3 Å². The third-order valence-corrected chi connectivity index (χ3v) is 3.55. The maximum atomic E-state index is 12.1. The highest BCUT2D eigenvalue weighted by Crippen LogP contribution is 2.25. The van der Waals surface area contributed by atoms with E-state index in [0.29, 0.717) is 0 Å². The van der Waals surface area contributed by atoms with Crippen molar-refractivity contribution in [1.29, 1.82) is 0 Å². The van der Waals surface area contributed by atoms with Crippen LogP contribution in [-0.2, 0) is 9.53 Å². The van der Waals surface area contributed by atoms with Gasteiger partial charge in [-0.3, -0.25) is 4.90 Å². The Bertz CT molecular complexity index is 369. The second-order valence-electron chi connectivity index (χ2n) is 4.79. The SMILES string of the molecule is COC(=O)[C@H](c1ccccc1)N1CCCCCC1. The van der Waals surface area contributed by atoms with Crippen molar-refractivity contribution in [3.05, 3.63) is 35.9 Å². The molecule has 1 fully saturated rings. The zero-order chi connectivity index (χ0) is 12.8. The molecule has 98 valence electrons. The first-order valence-electron chi connectivity index (χ1n) is 6.70. The minimum Gasteiger partial charge on any atom is -0.468 e. The van der Waals surface area contributed by atoms with Gasteiger partial charge in [-0.1, -0.05) is 43.2 Å². The van der Waals surface area contributed by atoms with Crippen molar-refractivity contribution < 1.29 is 9.53 Å². The van der Waals surface area contributed by atoms with E-state index in [0.717, 1.165) is 18.7 Å². The lowest BCUT2D eigenvalue weighted by atomic mass is 10.1. The van der Waals surface area contributed by atoms with Gasteiger partial charge in [0.1, 0.15) is 6.04 Å². The minimum atomic E-state index is -0.241. The topological polar surface area (TPSA) is 29.5 Å². The van der Waals surface area contributed by atoms with Crippen LogP contribution in [-0.4, -0.2) is 31.1 Å². The summed E-state index contributed by atoms with van der Waals surface area (Å²) >= 11 is 0. The second kappa shape index (κ2) is 6.55. The minimum absolute atomic E-state index is 0.150. The Labute approximate surface area is 109 Å². The number of hydrogen-bond donors (Lipinski definition) is 0. The molecular formula is C15H21NO2. The average molecular weight is 247 g/mol. The van der Waals surface area contributed by atoms with E-state index in [2.05, 4.69) is 4.90 Å². The van der Waals surface area contributed by atoms with Gasteiger partial charge in [-0.15, -0.1) is 0 Å². The summed E-state index contributed by atoms with van der Waals surface area (Å²) in [6.07, 6.45) is 4.86. The second-order valence-corrected chi connectivity index (χ2v) is 4.79. The summed E-state index contributed by atoms with van der Waals surface area (Å²) in [6.45, 7) is 1.96. The molecule has 2 rings (SSSR count). The molecule has 1 aliphatic heterocycles. The van der Waals surface area contributed by atoms with Crippen molar-refractivity contribution in [3.63, 3.8) is 0 Å². The van der Waals surface area contributed by atoms with Gasteiger partial charge in [0.15, 0.2) is 0 Å². The zero-order valence-corrected chi connectivity index (χ0v) is 11.0. The molecule has 1 aliphatic rings. The van der Waals surface area contributed by atoms with E-state index in [1.54, 1.807) is 0 Å². The van der Waals surface area contributed by atoms with Gasteiger partial charge in [0.05, 0.1) is 7.11 Å². The molecule has 1 aromatic rings. The number of rotatable bonds is 3. The molecule has 0 bridgehead atoms. The number of esters is 1. The van der Waals surface area contributed by atoms with Crippen LogP contribution in [0.3, 0.4) is 0 Å². The molecule has 0 saturated carbocycles. The molecular weight excluding hydrogens is 226 g/mol. The summed E-state index contributed by atoms with van der Waals surface area (Å²) in [5, 5.41) is 0. The van der Waals surface area contributed by atoms with Gasteiger partial charge >= 0.3 is 5.97 Å². The lowest BCUT2D eigenvalue weighted by Gasteiger charge is -2.28. The highest BCUT2D eigenvalue weighted by Gasteiger charge is 2.28. The molecule has 0 N–H and O–H groups in total. The maximum Gasteiger partial charge on any atom is 0.327 e. The first kappa shape index (κ1) is 13.1. The predicted molar refractivity (Wildman–Crippen MR) is 71.2 cm³/mol. The Kier molecular flexibility index (Phi) is 4.76. The van der Waals surface area contributed by atoms with Crippen molar-refractivity contribution in [1.82, 2.24) is 4.90 Å². The van der Waals surface area contributed by atoms with Gasteiger partial charge in [0.2, 0.25) is 0 Å². The molecule has 0 aliphatic carbocycles. The van der Waals surface area contributed by atoms with Crippen LogP contribution in [0.4, 0.5) is 0 Å². The van der Waals surface area contributed by atoms with Crippen LogP contribution in [0.25, 0.3) is 0 Å². The van der Waals surface area contributed by atoms with Crippen LogP contribution in [0.5, 0.6) is 0 Å². The van der Waals surface area contributed by atoms with Crippen LogP contribution in [0, 0.1) is 0 Å². The molecule has 3 nitrogen and oxygen atoms in total. The molecule has 0 radical (unpaired) electrons. The Morgan fingerprint density at radius 1 is 1.11 bits per heavy atom. The third-order valence-electron chi connectivity index (χ3n) is 3.55. The van der Waals surface area contributed by atoms with Gasteiger partial charge in [-0.05, 0) is 31.5 Å². The molecule has 0 aromatic heterocycles. The molecule has 0 amide bonds. The normalized spacial score (nSPS) is 18.9. The number of methoxy groups -OCH3 is 1. The van der Waals surface area contributed by atoms with Gasteiger partial charge in [-0.25, -0.2) is 4.79 Å². The Morgan fingerprint density at radius 3 is 2.28 bits per heavy atom. The molecule has 3 heteroatoms. The quantitative estimate of drug-likeness (QED) is 0.769. The van der Waals surface area contributed by atoms with E-state index in [9.17, 15) is 4.79 Å². The summed E-state index contributed by atoms with van der Waals surface area (Å²) in [5.41, 5.74) is 1.03. The van der Waals surface area contributed by atoms with Crippen molar-refractivity contribution in [2.24, 2.45) is 0 Å². The van der Waals surface area contributed by atoms with Crippen molar-refractivity contribution >= 4 is 5.97 Å². The fourth-order valence-electron chi connectivity index (χ4n) is 2.60. The number of nitrogens with zero attached hydrogens (tertiary/aromatic N) is 1. The molecule has 1 aromatic carbocycles. The van der Waals surface area contributed by atoms with Gasteiger partial charge in [0.25, 0.3) is 0 Å². The third kappa shape index (κ3) is 3.10. The van der Waals surface area contributed by atoms with E-state index in [1.165, 1.54) is 32.8 Å². The summed E-state index contributed by atoms with van der Waals surface area (Å²) in [4.78, 5) is 14.3. The van der Waals surface area contributed by atoms with Gasteiger partial charge in [0, 0.05) is 0 Å². The van der Waals surface area contributed by atoms with Crippen molar-refractivity contribution in [2.45, 2.75) is 31.7 Å². The van der Waals surface area contributed by atoms with E-state index >= 15 is 0 Å². The number of likely N-dealkylation sites (tertiary alicyclic amines) is 1. The first-order chi connectivity index (χ1) is 8.83. The fourth-order valence-corrected chi connectivity index (χ4v) is 2.60. The average Bonchev–Trinajstić information content (AvgIpc) is 2.69. The van der Waals surface area contributed by atoms with E-state index < -0.39 is 0 Å². The highest BCUT2D eigenvalue weighted by atomic mass is 16.5. The lowest BCUT2D eigenvalue weighted by Crippen LogP contribution is -2.35.